The van der Waals surface area contributed by atoms with E-state index in [4.69, 9.17) is 0 Å². The Kier molecular flexibility index (Phi) is 5.50. The Hall–Kier alpha value is -3.21. The molecule has 0 aliphatic carbocycles. The predicted molar refractivity (Wildman–Crippen MR) is 110 cm³/mol. The summed E-state index contributed by atoms with van der Waals surface area (Å²) >= 11 is 0. The van der Waals surface area contributed by atoms with Gasteiger partial charge in [0.2, 0.25) is 0 Å². The first-order valence-corrected chi connectivity index (χ1v) is 9.03. The van der Waals surface area contributed by atoms with Crippen LogP contribution in [0.2, 0.25) is 0 Å². The third-order valence-electron chi connectivity index (χ3n) is 4.58. The molecule has 0 aliphatic heterocycles. The standard InChI is InChI=1S/C22H24N4O/c1-5-17-8-9-19(25-21-11-16(4)23-13-24-21)12-20(17)26-22(27)18-7-6-14(2)15(3)10-18/h6-13H,5H2,1-4H3,(H,26,27)(H,23,24,25). The summed E-state index contributed by atoms with van der Waals surface area (Å²) in [5, 5.41) is 6.31. The van der Waals surface area contributed by atoms with E-state index in [0.29, 0.717) is 5.56 Å². The van der Waals surface area contributed by atoms with Crippen molar-refractivity contribution in [2.75, 3.05) is 10.6 Å². The van der Waals surface area contributed by atoms with E-state index < -0.39 is 0 Å². The summed E-state index contributed by atoms with van der Waals surface area (Å²) in [6, 6.07) is 13.6. The number of carbonyl (C=O) groups is 1. The molecule has 2 aromatic carbocycles. The van der Waals surface area contributed by atoms with Crippen LogP contribution in [0, 0.1) is 20.8 Å². The summed E-state index contributed by atoms with van der Waals surface area (Å²) in [5.41, 5.74) is 6.57. The molecule has 5 nitrogen and oxygen atoms in total. The highest BCUT2D eigenvalue weighted by Gasteiger charge is 2.11. The van der Waals surface area contributed by atoms with Crippen LogP contribution >= 0.6 is 0 Å². The lowest BCUT2D eigenvalue weighted by Gasteiger charge is -2.14. The molecule has 1 heterocycles. The van der Waals surface area contributed by atoms with E-state index >= 15 is 0 Å². The number of hydrogen-bond donors (Lipinski definition) is 2. The zero-order valence-electron chi connectivity index (χ0n) is 16.1. The van der Waals surface area contributed by atoms with Crippen molar-refractivity contribution in [3.05, 3.63) is 76.7 Å². The topological polar surface area (TPSA) is 66.9 Å². The fraction of sp³-hybridized carbons (Fsp3) is 0.227. The van der Waals surface area contributed by atoms with Crippen molar-refractivity contribution < 1.29 is 4.79 Å². The van der Waals surface area contributed by atoms with Crippen molar-refractivity contribution in [3.63, 3.8) is 0 Å². The van der Waals surface area contributed by atoms with Gasteiger partial charge in [-0.25, -0.2) is 9.97 Å². The highest BCUT2D eigenvalue weighted by Crippen LogP contribution is 2.25. The molecular formula is C22H24N4O. The van der Waals surface area contributed by atoms with Crippen molar-refractivity contribution in [2.45, 2.75) is 34.1 Å². The molecule has 2 N–H and O–H groups in total. The Labute approximate surface area is 159 Å². The normalized spacial score (nSPS) is 10.5. The smallest absolute Gasteiger partial charge is 0.255 e. The number of aryl methyl sites for hydroxylation is 4. The minimum atomic E-state index is -0.108. The third kappa shape index (κ3) is 4.50. The minimum absolute atomic E-state index is 0.108. The van der Waals surface area contributed by atoms with Crippen molar-refractivity contribution in [1.82, 2.24) is 9.97 Å². The van der Waals surface area contributed by atoms with E-state index in [1.54, 1.807) is 0 Å². The Balaban J connectivity index is 1.84. The number of anilines is 3. The number of nitrogens with zero attached hydrogens (tertiary/aromatic N) is 2. The molecule has 0 atom stereocenters. The molecule has 5 heteroatoms. The van der Waals surface area contributed by atoms with Crippen LogP contribution in [0.15, 0.2) is 48.8 Å². The largest absolute Gasteiger partial charge is 0.340 e. The second kappa shape index (κ2) is 7.99. The predicted octanol–water partition coefficient (Wildman–Crippen LogP) is 4.96. The molecule has 1 aromatic heterocycles. The first kappa shape index (κ1) is 18.6. The van der Waals surface area contributed by atoms with Gasteiger partial charge in [-0.1, -0.05) is 19.1 Å². The summed E-state index contributed by atoms with van der Waals surface area (Å²) in [5.74, 6) is 0.612. The second-order valence-corrected chi connectivity index (χ2v) is 6.65. The maximum absolute atomic E-state index is 12.7. The van der Waals surface area contributed by atoms with Crippen LogP contribution in [0.25, 0.3) is 0 Å². The molecule has 0 spiro atoms. The number of hydrogen-bond acceptors (Lipinski definition) is 4. The van der Waals surface area contributed by atoms with Gasteiger partial charge >= 0.3 is 0 Å². The van der Waals surface area contributed by atoms with E-state index in [1.165, 1.54) is 11.9 Å². The molecule has 138 valence electrons. The summed E-state index contributed by atoms with van der Waals surface area (Å²) in [7, 11) is 0. The van der Waals surface area contributed by atoms with Gasteiger partial charge in [-0.05, 0) is 68.1 Å². The summed E-state index contributed by atoms with van der Waals surface area (Å²) in [4.78, 5) is 21.0. The Bertz CT molecular complexity index is 982. The molecule has 27 heavy (non-hydrogen) atoms. The van der Waals surface area contributed by atoms with E-state index in [-0.39, 0.29) is 5.91 Å². The van der Waals surface area contributed by atoms with Gasteiger partial charge in [-0.2, -0.15) is 0 Å². The van der Waals surface area contributed by atoms with Gasteiger partial charge in [0.05, 0.1) is 0 Å². The zero-order chi connectivity index (χ0) is 19.4. The monoisotopic (exact) mass is 360 g/mol. The van der Waals surface area contributed by atoms with E-state index in [1.807, 2.05) is 63.2 Å². The Morgan fingerprint density at radius 1 is 0.963 bits per heavy atom. The molecule has 0 aliphatic rings. The number of amides is 1. The van der Waals surface area contributed by atoms with Crippen LogP contribution in [-0.4, -0.2) is 15.9 Å². The van der Waals surface area contributed by atoms with Gasteiger partial charge in [0.25, 0.3) is 5.91 Å². The van der Waals surface area contributed by atoms with Crippen molar-refractivity contribution in [1.29, 1.82) is 0 Å². The fourth-order valence-corrected chi connectivity index (χ4v) is 2.83. The summed E-state index contributed by atoms with van der Waals surface area (Å²) < 4.78 is 0. The van der Waals surface area contributed by atoms with Crippen LogP contribution in [0.1, 0.15) is 39.7 Å². The molecule has 0 radical (unpaired) electrons. The molecule has 0 saturated carbocycles. The maximum atomic E-state index is 12.7. The number of nitrogens with one attached hydrogen (secondary N) is 2. The van der Waals surface area contributed by atoms with E-state index in [0.717, 1.165) is 40.4 Å². The quantitative estimate of drug-likeness (QED) is 0.675. The third-order valence-corrected chi connectivity index (χ3v) is 4.58. The molecule has 0 fully saturated rings. The Morgan fingerprint density at radius 3 is 2.48 bits per heavy atom. The lowest BCUT2D eigenvalue weighted by Crippen LogP contribution is -2.14. The number of carbonyl (C=O) groups excluding carboxylic acids is 1. The molecule has 1 amide bonds. The maximum Gasteiger partial charge on any atom is 0.255 e. The first-order valence-electron chi connectivity index (χ1n) is 9.03. The fourth-order valence-electron chi connectivity index (χ4n) is 2.83. The van der Waals surface area contributed by atoms with Crippen molar-refractivity contribution >= 4 is 23.1 Å². The molecule has 0 bridgehead atoms. The molecular weight excluding hydrogens is 336 g/mol. The average Bonchev–Trinajstić information content (AvgIpc) is 2.64. The van der Waals surface area contributed by atoms with Crippen LogP contribution < -0.4 is 10.6 Å². The minimum Gasteiger partial charge on any atom is -0.340 e. The van der Waals surface area contributed by atoms with Crippen LogP contribution in [0.3, 0.4) is 0 Å². The Morgan fingerprint density at radius 2 is 1.78 bits per heavy atom. The molecule has 0 saturated heterocycles. The second-order valence-electron chi connectivity index (χ2n) is 6.65. The van der Waals surface area contributed by atoms with Crippen LogP contribution in [0.5, 0.6) is 0 Å². The summed E-state index contributed by atoms with van der Waals surface area (Å²) in [6.45, 7) is 8.04. The molecule has 0 unspecified atom stereocenters. The van der Waals surface area contributed by atoms with Gasteiger partial charge in [-0.3, -0.25) is 4.79 Å². The van der Waals surface area contributed by atoms with Gasteiger partial charge in [0.15, 0.2) is 0 Å². The first-order chi connectivity index (χ1) is 13.0. The van der Waals surface area contributed by atoms with Gasteiger partial charge in [0, 0.05) is 28.7 Å². The number of benzene rings is 2. The molecule has 3 aromatic rings. The number of rotatable bonds is 5. The van der Waals surface area contributed by atoms with E-state index in [9.17, 15) is 4.79 Å². The van der Waals surface area contributed by atoms with Gasteiger partial charge in [0.1, 0.15) is 12.1 Å². The van der Waals surface area contributed by atoms with Crippen molar-refractivity contribution in [2.24, 2.45) is 0 Å². The highest BCUT2D eigenvalue weighted by atomic mass is 16.1. The lowest BCUT2D eigenvalue weighted by molar-refractivity contribution is 0.102. The van der Waals surface area contributed by atoms with Gasteiger partial charge in [-0.15, -0.1) is 0 Å². The highest BCUT2D eigenvalue weighted by molar-refractivity contribution is 6.05. The lowest BCUT2D eigenvalue weighted by atomic mass is 10.1. The summed E-state index contributed by atoms with van der Waals surface area (Å²) in [6.07, 6.45) is 2.36. The van der Waals surface area contributed by atoms with Crippen LogP contribution in [-0.2, 0) is 6.42 Å². The van der Waals surface area contributed by atoms with Gasteiger partial charge < -0.3 is 10.6 Å². The van der Waals surface area contributed by atoms with E-state index in [2.05, 4.69) is 27.5 Å². The van der Waals surface area contributed by atoms with Crippen molar-refractivity contribution in [3.8, 4) is 0 Å². The zero-order valence-corrected chi connectivity index (χ0v) is 16.1. The average molecular weight is 360 g/mol. The van der Waals surface area contributed by atoms with Crippen LogP contribution in [0.4, 0.5) is 17.2 Å². The number of aromatic nitrogens is 2. The molecule has 3 rings (SSSR count). The SMILES string of the molecule is CCc1ccc(Nc2cc(C)ncn2)cc1NC(=O)c1ccc(C)c(C)c1.